The molecule has 1 aromatic carbocycles. The normalized spacial score (nSPS) is 21.1. The summed E-state index contributed by atoms with van der Waals surface area (Å²) in [4.78, 5) is 25.6. The largest absolute Gasteiger partial charge is 0.372 e. The van der Waals surface area contributed by atoms with Crippen molar-refractivity contribution in [3.63, 3.8) is 0 Å². The third kappa shape index (κ3) is 4.72. The summed E-state index contributed by atoms with van der Waals surface area (Å²) in [7, 11) is 0. The SMILES string of the molecule is C[C@@H]1CN(C(=O)CCNC(=O)c2ccc(F)cc2F)C[C@@H](C)O1. The Kier molecular flexibility index (Phi) is 5.65. The summed E-state index contributed by atoms with van der Waals surface area (Å²) < 4.78 is 31.8. The molecule has 1 aliphatic heterocycles. The van der Waals surface area contributed by atoms with Gasteiger partial charge in [-0.25, -0.2) is 8.78 Å². The van der Waals surface area contributed by atoms with Crippen LogP contribution in [-0.4, -0.2) is 48.6 Å². The van der Waals surface area contributed by atoms with Gasteiger partial charge in [-0.3, -0.25) is 9.59 Å². The van der Waals surface area contributed by atoms with Crippen LogP contribution >= 0.6 is 0 Å². The monoisotopic (exact) mass is 326 g/mol. The van der Waals surface area contributed by atoms with Gasteiger partial charge in [0.1, 0.15) is 11.6 Å². The van der Waals surface area contributed by atoms with Gasteiger partial charge in [0, 0.05) is 32.1 Å². The molecule has 1 heterocycles. The van der Waals surface area contributed by atoms with Gasteiger partial charge in [0.05, 0.1) is 17.8 Å². The summed E-state index contributed by atoms with van der Waals surface area (Å²) in [5, 5.41) is 2.47. The van der Waals surface area contributed by atoms with Gasteiger partial charge >= 0.3 is 0 Å². The lowest BCUT2D eigenvalue weighted by Crippen LogP contribution is -2.48. The van der Waals surface area contributed by atoms with Crippen molar-refractivity contribution in [3.8, 4) is 0 Å². The molecule has 2 atom stereocenters. The number of nitrogens with zero attached hydrogens (tertiary/aromatic N) is 1. The minimum absolute atomic E-state index is 0.0226. The number of morpholine rings is 1. The quantitative estimate of drug-likeness (QED) is 0.916. The van der Waals surface area contributed by atoms with Crippen LogP contribution < -0.4 is 5.32 Å². The highest BCUT2D eigenvalue weighted by Crippen LogP contribution is 2.12. The van der Waals surface area contributed by atoms with E-state index in [1.54, 1.807) is 4.90 Å². The zero-order valence-electron chi connectivity index (χ0n) is 13.1. The van der Waals surface area contributed by atoms with E-state index >= 15 is 0 Å². The van der Waals surface area contributed by atoms with Crippen LogP contribution in [0.5, 0.6) is 0 Å². The van der Waals surface area contributed by atoms with Crippen molar-refractivity contribution in [2.75, 3.05) is 19.6 Å². The number of ether oxygens (including phenoxy) is 1. The first-order valence-electron chi connectivity index (χ1n) is 7.53. The van der Waals surface area contributed by atoms with Gasteiger partial charge in [-0.2, -0.15) is 0 Å². The fourth-order valence-electron chi connectivity index (χ4n) is 2.59. The van der Waals surface area contributed by atoms with Gasteiger partial charge in [0.15, 0.2) is 0 Å². The Morgan fingerprint density at radius 1 is 1.26 bits per heavy atom. The fourth-order valence-corrected chi connectivity index (χ4v) is 2.59. The van der Waals surface area contributed by atoms with E-state index in [0.717, 1.165) is 12.1 Å². The Bertz CT molecular complexity index is 585. The Hall–Kier alpha value is -2.02. The smallest absolute Gasteiger partial charge is 0.254 e. The molecule has 0 unspecified atom stereocenters. The predicted octanol–water partition coefficient (Wildman–Crippen LogP) is 1.72. The van der Waals surface area contributed by atoms with E-state index in [-0.39, 0.29) is 36.6 Å². The van der Waals surface area contributed by atoms with Gasteiger partial charge in [0.2, 0.25) is 5.91 Å². The molecule has 1 N–H and O–H groups in total. The van der Waals surface area contributed by atoms with E-state index < -0.39 is 17.5 Å². The molecule has 1 saturated heterocycles. The first-order chi connectivity index (χ1) is 10.9. The van der Waals surface area contributed by atoms with Crippen molar-refractivity contribution in [2.24, 2.45) is 0 Å². The summed E-state index contributed by atoms with van der Waals surface area (Å²) in [6.45, 7) is 4.92. The highest BCUT2D eigenvalue weighted by atomic mass is 19.1. The van der Waals surface area contributed by atoms with Crippen molar-refractivity contribution < 1.29 is 23.1 Å². The van der Waals surface area contributed by atoms with E-state index in [0.29, 0.717) is 19.2 Å². The van der Waals surface area contributed by atoms with Crippen molar-refractivity contribution in [3.05, 3.63) is 35.4 Å². The molecule has 0 aliphatic carbocycles. The summed E-state index contributed by atoms with van der Waals surface area (Å²) in [5.74, 6) is -2.43. The van der Waals surface area contributed by atoms with Crippen LogP contribution in [0, 0.1) is 11.6 Å². The predicted molar refractivity (Wildman–Crippen MR) is 79.9 cm³/mol. The molecule has 23 heavy (non-hydrogen) atoms. The number of hydrogen-bond acceptors (Lipinski definition) is 3. The average molecular weight is 326 g/mol. The fraction of sp³-hybridized carbons (Fsp3) is 0.500. The maximum atomic E-state index is 13.5. The number of nitrogens with one attached hydrogen (secondary N) is 1. The van der Waals surface area contributed by atoms with Crippen LogP contribution in [-0.2, 0) is 9.53 Å². The molecule has 0 spiro atoms. The first-order valence-corrected chi connectivity index (χ1v) is 7.53. The lowest BCUT2D eigenvalue weighted by molar-refractivity contribution is -0.143. The first kappa shape index (κ1) is 17.3. The van der Waals surface area contributed by atoms with E-state index in [9.17, 15) is 18.4 Å². The van der Waals surface area contributed by atoms with Crippen molar-refractivity contribution in [2.45, 2.75) is 32.5 Å². The van der Waals surface area contributed by atoms with Crippen molar-refractivity contribution in [1.29, 1.82) is 0 Å². The molecule has 0 bridgehead atoms. The van der Waals surface area contributed by atoms with Gasteiger partial charge in [-0.15, -0.1) is 0 Å². The van der Waals surface area contributed by atoms with Crippen LogP contribution in [0.15, 0.2) is 18.2 Å². The molecule has 1 fully saturated rings. The van der Waals surface area contributed by atoms with E-state index in [1.807, 2.05) is 13.8 Å². The van der Waals surface area contributed by atoms with E-state index in [4.69, 9.17) is 4.74 Å². The molecule has 0 saturated carbocycles. The minimum Gasteiger partial charge on any atom is -0.372 e. The summed E-state index contributed by atoms with van der Waals surface area (Å²) in [6, 6.07) is 2.74. The van der Waals surface area contributed by atoms with Crippen LogP contribution in [0.25, 0.3) is 0 Å². The highest BCUT2D eigenvalue weighted by Gasteiger charge is 2.25. The summed E-state index contributed by atoms with van der Waals surface area (Å²) in [5.41, 5.74) is -0.243. The summed E-state index contributed by atoms with van der Waals surface area (Å²) in [6.07, 6.45) is 0.0739. The molecule has 5 nitrogen and oxygen atoms in total. The van der Waals surface area contributed by atoms with Crippen LogP contribution in [0.3, 0.4) is 0 Å². The molecule has 2 amide bonds. The molecule has 7 heteroatoms. The van der Waals surface area contributed by atoms with Crippen LogP contribution in [0.2, 0.25) is 0 Å². The zero-order chi connectivity index (χ0) is 17.0. The number of amides is 2. The van der Waals surface area contributed by atoms with E-state index in [1.165, 1.54) is 0 Å². The lowest BCUT2D eigenvalue weighted by Gasteiger charge is -2.35. The van der Waals surface area contributed by atoms with Gasteiger partial charge < -0.3 is 15.0 Å². The maximum absolute atomic E-state index is 13.5. The van der Waals surface area contributed by atoms with E-state index in [2.05, 4.69) is 5.32 Å². The summed E-state index contributed by atoms with van der Waals surface area (Å²) >= 11 is 0. The Morgan fingerprint density at radius 2 is 1.91 bits per heavy atom. The Labute approximate surface area is 133 Å². The lowest BCUT2D eigenvalue weighted by atomic mass is 10.2. The standard InChI is InChI=1S/C16H20F2N2O3/c1-10-8-20(9-11(2)23-10)15(21)5-6-19-16(22)13-4-3-12(17)7-14(13)18/h3-4,7,10-11H,5-6,8-9H2,1-2H3,(H,19,22)/t10-,11-/m1/s1. The average Bonchev–Trinajstić information content (AvgIpc) is 2.45. The van der Waals surface area contributed by atoms with Gasteiger partial charge in [-0.05, 0) is 26.0 Å². The molecule has 1 aromatic rings. The Balaban J connectivity index is 1.82. The topological polar surface area (TPSA) is 58.6 Å². The second-order valence-corrected chi connectivity index (χ2v) is 5.69. The second-order valence-electron chi connectivity index (χ2n) is 5.69. The zero-order valence-corrected chi connectivity index (χ0v) is 13.1. The number of carbonyl (C=O) groups excluding carboxylic acids is 2. The molecule has 126 valence electrons. The maximum Gasteiger partial charge on any atom is 0.254 e. The Morgan fingerprint density at radius 3 is 2.52 bits per heavy atom. The molecular weight excluding hydrogens is 306 g/mol. The third-order valence-electron chi connectivity index (χ3n) is 3.57. The molecule has 0 radical (unpaired) electrons. The molecular formula is C16H20F2N2O3. The number of hydrogen-bond donors (Lipinski definition) is 1. The molecule has 2 rings (SSSR count). The minimum atomic E-state index is -0.926. The molecule has 1 aliphatic rings. The van der Waals surface area contributed by atoms with Crippen LogP contribution in [0.1, 0.15) is 30.6 Å². The number of benzene rings is 1. The number of halogens is 2. The van der Waals surface area contributed by atoms with Crippen molar-refractivity contribution >= 4 is 11.8 Å². The van der Waals surface area contributed by atoms with Crippen molar-refractivity contribution in [1.82, 2.24) is 10.2 Å². The highest BCUT2D eigenvalue weighted by molar-refractivity contribution is 5.94. The second kappa shape index (κ2) is 7.50. The number of rotatable bonds is 4. The molecule has 0 aromatic heterocycles. The van der Waals surface area contributed by atoms with Gasteiger partial charge in [-0.1, -0.05) is 0 Å². The number of carbonyl (C=O) groups is 2. The van der Waals surface area contributed by atoms with Gasteiger partial charge in [0.25, 0.3) is 5.91 Å². The van der Waals surface area contributed by atoms with Crippen LogP contribution in [0.4, 0.5) is 8.78 Å². The third-order valence-corrected chi connectivity index (χ3v) is 3.57.